The van der Waals surface area contributed by atoms with Crippen molar-refractivity contribution in [2.45, 2.75) is 6.92 Å². The molecule has 0 bridgehead atoms. The van der Waals surface area contributed by atoms with Gasteiger partial charge in [0.1, 0.15) is 5.69 Å². The maximum Gasteiger partial charge on any atom is 0.338 e. The molecule has 2 aromatic rings. The van der Waals surface area contributed by atoms with Crippen LogP contribution < -0.4 is 0 Å². The van der Waals surface area contributed by atoms with Gasteiger partial charge in [-0.3, -0.25) is 10.1 Å². The summed E-state index contributed by atoms with van der Waals surface area (Å²) >= 11 is 0. The number of aromatic nitrogens is 2. The number of benzene rings is 1. The fraction of sp³-hybridized carbons (Fsp3) is 0.167. The van der Waals surface area contributed by atoms with Crippen molar-refractivity contribution in [2.24, 2.45) is 0 Å². The number of nitro benzene ring substituents is 1. The third kappa shape index (κ3) is 2.30. The first kappa shape index (κ1) is 12.7. The molecule has 0 aliphatic carbocycles. The summed E-state index contributed by atoms with van der Waals surface area (Å²) in [5, 5.41) is 11.1. The van der Waals surface area contributed by atoms with Gasteiger partial charge < -0.3 is 9.30 Å². The van der Waals surface area contributed by atoms with Crippen LogP contribution in [0.1, 0.15) is 15.9 Å². The monoisotopic (exact) mass is 261 g/mol. The minimum atomic E-state index is -0.599. The molecule has 0 saturated carbocycles. The molecule has 0 fully saturated rings. The van der Waals surface area contributed by atoms with Gasteiger partial charge in [-0.05, 0) is 18.6 Å². The SMILES string of the molecule is COC(=O)c1cc([N+](=O)[O-])c(-n2ccnc2)cc1C. The highest BCUT2D eigenvalue weighted by atomic mass is 16.6. The molecular weight excluding hydrogens is 250 g/mol. The van der Waals surface area contributed by atoms with Crippen LogP contribution in [0.2, 0.25) is 0 Å². The molecule has 19 heavy (non-hydrogen) atoms. The second-order valence-corrected chi connectivity index (χ2v) is 3.87. The van der Waals surface area contributed by atoms with Gasteiger partial charge in [0, 0.05) is 18.5 Å². The number of esters is 1. The zero-order chi connectivity index (χ0) is 14.0. The summed E-state index contributed by atoms with van der Waals surface area (Å²) in [6.45, 7) is 1.69. The fourth-order valence-corrected chi connectivity index (χ4v) is 1.77. The highest BCUT2D eigenvalue weighted by molar-refractivity contribution is 5.92. The summed E-state index contributed by atoms with van der Waals surface area (Å²) in [5.74, 6) is -0.599. The van der Waals surface area contributed by atoms with Crippen molar-refractivity contribution in [3.05, 3.63) is 52.1 Å². The summed E-state index contributed by atoms with van der Waals surface area (Å²) < 4.78 is 6.12. The summed E-state index contributed by atoms with van der Waals surface area (Å²) in [6.07, 6.45) is 4.58. The molecule has 0 saturated heterocycles. The van der Waals surface area contributed by atoms with Gasteiger partial charge in [-0.15, -0.1) is 0 Å². The van der Waals surface area contributed by atoms with Crippen molar-refractivity contribution in [1.29, 1.82) is 0 Å². The normalized spacial score (nSPS) is 10.2. The predicted molar refractivity (Wildman–Crippen MR) is 66.3 cm³/mol. The van der Waals surface area contributed by atoms with Crippen molar-refractivity contribution in [3.63, 3.8) is 0 Å². The molecular formula is C12H11N3O4. The number of carbonyl (C=O) groups is 1. The summed E-state index contributed by atoms with van der Waals surface area (Å²) in [7, 11) is 1.23. The van der Waals surface area contributed by atoms with Crippen LogP contribution in [0.3, 0.4) is 0 Å². The Morgan fingerprint density at radius 3 is 2.74 bits per heavy atom. The molecule has 0 amide bonds. The number of hydrogen-bond acceptors (Lipinski definition) is 5. The predicted octanol–water partition coefficient (Wildman–Crippen LogP) is 1.88. The van der Waals surface area contributed by atoms with Crippen molar-refractivity contribution in [2.75, 3.05) is 7.11 Å². The number of hydrogen-bond donors (Lipinski definition) is 0. The maximum atomic E-state index is 11.5. The van der Waals surface area contributed by atoms with E-state index in [1.807, 2.05) is 0 Å². The zero-order valence-electron chi connectivity index (χ0n) is 10.4. The lowest BCUT2D eigenvalue weighted by molar-refractivity contribution is -0.384. The van der Waals surface area contributed by atoms with E-state index in [0.717, 1.165) is 0 Å². The zero-order valence-corrected chi connectivity index (χ0v) is 10.4. The highest BCUT2D eigenvalue weighted by Gasteiger charge is 2.21. The van der Waals surface area contributed by atoms with Crippen LogP contribution in [0.4, 0.5) is 5.69 Å². The number of imidazole rings is 1. The topological polar surface area (TPSA) is 87.3 Å². The first-order chi connectivity index (χ1) is 9.04. The number of ether oxygens (including phenoxy) is 1. The number of nitrogens with zero attached hydrogens (tertiary/aromatic N) is 3. The van der Waals surface area contributed by atoms with Crippen molar-refractivity contribution in [3.8, 4) is 5.69 Å². The Morgan fingerprint density at radius 2 is 2.21 bits per heavy atom. The van der Waals surface area contributed by atoms with Gasteiger partial charge in [-0.1, -0.05) is 0 Å². The molecule has 1 aromatic heterocycles. The van der Waals surface area contributed by atoms with Gasteiger partial charge >= 0.3 is 5.97 Å². The van der Waals surface area contributed by atoms with Gasteiger partial charge in [-0.25, -0.2) is 9.78 Å². The average molecular weight is 261 g/mol. The van der Waals surface area contributed by atoms with E-state index in [2.05, 4.69) is 9.72 Å². The summed E-state index contributed by atoms with van der Waals surface area (Å²) in [4.78, 5) is 26.0. The lowest BCUT2D eigenvalue weighted by Crippen LogP contribution is -2.07. The molecule has 1 aromatic carbocycles. The molecule has 7 heteroatoms. The molecule has 0 unspecified atom stereocenters. The van der Waals surface area contributed by atoms with E-state index in [-0.39, 0.29) is 11.3 Å². The molecule has 0 atom stereocenters. The van der Waals surface area contributed by atoms with Crippen LogP contribution in [0, 0.1) is 17.0 Å². The van der Waals surface area contributed by atoms with E-state index in [0.29, 0.717) is 11.3 Å². The van der Waals surface area contributed by atoms with E-state index in [4.69, 9.17) is 0 Å². The molecule has 0 radical (unpaired) electrons. The van der Waals surface area contributed by atoms with Gasteiger partial charge in [0.15, 0.2) is 0 Å². The lowest BCUT2D eigenvalue weighted by Gasteiger charge is -2.08. The Balaban J connectivity index is 2.66. The van der Waals surface area contributed by atoms with Gasteiger partial charge in [0.2, 0.25) is 0 Å². The van der Waals surface area contributed by atoms with Crippen LogP contribution in [0.5, 0.6) is 0 Å². The quantitative estimate of drug-likeness (QED) is 0.478. The van der Waals surface area contributed by atoms with Crippen LogP contribution in [0.15, 0.2) is 30.9 Å². The number of rotatable bonds is 3. The number of aryl methyl sites for hydroxylation is 1. The molecule has 98 valence electrons. The molecule has 0 N–H and O–H groups in total. The fourth-order valence-electron chi connectivity index (χ4n) is 1.77. The Bertz CT molecular complexity index is 635. The first-order valence-electron chi connectivity index (χ1n) is 5.40. The first-order valence-corrected chi connectivity index (χ1v) is 5.40. The molecule has 1 heterocycles. The molecule has 0 aliphatic heterocycles. The van der Waals surface area contributed by atoms with Crippen LogP contribution in [0.25, 0.3) is 5.69 Å². The van der Waals surface area contributed by atoms with E-state index >= 15 is 0 Å². The third-order valence-electron chi connectivity index (χ3n) is 2.71. The van der Waals surface area contributed by atoms with E-state index in [1.54, 1.807) is 19.2 Å². The number of carbonyl (C=O) groups excluding carboxylic acids is 1. The van der Waals surface area contributed by atoms with Gasteiger partial charge in [0.05, 0.1) is 23.9 Å². The number of methoxy groups -OCH3 is 1. The Kier molecular flexibility index (Phi) is 3.28. The highest BCUT2D eigenvalue weighted by Crippen LogP contribution is 2.27. The Labute approximate surface area is 108 Å². The standard InChI is InChI=1S/C12H11N3O4/c1-8-5-10(14-4-3-13-7-14)11(15(17)18)6-9(8)12(16)19-2/h3-7H,1-2H3. The van der Waals surface area contributed by atoms with Crippen LogP contribution in [-0.4, -0.2) is 27.6 Å². The Hall–Kier alpha value is -2.70. The molecule has 0 spiro atoms. The van der Waals surface area contributed by atoms with Crippen LogP contribution >= 0.6 is 0 Å². The minimum absolute atomic E-state index is 0.177. The molecule has 0 aliphatic rings. The van der Waals surface area contributed by atoms with Crippen molar-refractivity contribution in [1.82, 2.24) is 9.55 Å². The third-order valence-corrected chi connectivity index (χ3v) is 2.71. The Morgan fingerprint density at radius 1 is 1.47 bits per heavy atom. The summed E-state index contributed by atoms with van der Waals surface area (Å²) in [6, 6.07) is 2.78. The average Bonchev–Trinajstić information content (AvgIpc) is 2.90. The van der Waals surface area contributed by atoms with Gasteiger partial charge in [0.25, 0.3) is 5.69 Å². The minimum Gasteiger partial charge on any atom is -0.465 e. The van der Waals surface area contributed by atoms with E-state index < -0.39 is 10.9 Å². The van der Waals surface area contributed by atoms with Gasteiger partial charge in [-0.2, -0.15) is 0 Å². The molecule has 7 nitrogen and oxygen atoms in total. The smallest absolute Gasteiger partial charge is 0.338 e. The maximum absolute atomic E-state index is 11.5. The second-order valence-electron chi connectivity index (χ2n) is 3.87. The molecule has 2 rings (SSSR count). The lowest BCUT2D eigenvalue weighted by atomic mass is 10.1. The van der Waals surface area contributed by atoms with E-state index in [1.165, 1.54) is 30.3 Å². The summed E-state index contributed by atoms with van der Waals surface area (Å²) in [5.41, 5.74) is 0.955. The van der Waals surface area contributed by atoms with Crippen LogP contribution in [-0.2, 0) is 4.74 Å². The number of nitro groups is 1. The van der Waals surface area contributed by atoms with Crippen molar-refractivity contribution < 1.29 is 14.5 Å². The largest absolute Gasteiger partial charge is 0.465 e. The van der Waals surface area contributed by atoms with E-state index in [9.17, 15) is 14.9 Å². The van der Waals surface area contributed by atoms with Crippen molar-refractivity contribution >= 4 is 11.7 Å². The second kappa shape index (κ2) is 4.89.